The molecule has 0 aromatic heterocycles. The molecule has 21 heavy (non-hydrogen) atoms. The third-order valence-electron chi connectivity index (χ3n) is 3.61. The summed E-state index contributed by atoms with van der Waals surface area (Å²) in [4.78, 5) is 26.4. The molecule has 106 valence electrons. The minimum Gasteiger partial charge on any atom is -0.376 e. The average molecular weight is 283 g/mol. The highest BCUT2D eigenvalue weighted by Crippen LogP contribution is 2.33. The van der Waals surface area contributed by atoms with Crippen molar-refractivity contribution in [2.75, 3.05) is 18.4 Å². The van der Waals surface area contributed by atoms with Crippen LogP contribution in [-0.2, 0) is 0 Å². The fraction of sp³-hybridized carbons (Fsp3) is 0.125. The second-order valence-corrected chi connectivity index (χ2v) is 4.73. The molecule has 3 rings (SSSR count). The maximum Gasteiger partial charge on any atom is 0.196 e. The van der Waals surface area contributed by atoms with E-state index in [2.05, 4.69) is 0 Å². The quantitative estimate of drug-likeness (QED) is 0.705. The molecule has 2 aromatic rings. The Morgan fingerprint density at radius 2 is 1.33 bits per heavy atom. The van der Waals surface area contributed by atoms with Crippen molar-refractivity contribution < 1.29 is 19.8 Å². The number of aliphatic hydroxyl groups is 2. The van der Waals surface area contributed by atoms with Crippen LogP contribution in [0.4, 0.5) is 5.69 Å². The van der Waals surface area contributed by atoms with E-state index < -0.39 is 13.5 Å². The van der Waals surface area contributed by atoms with Gasteiger partial charge in [-0.15, -0.1) is 0 Å². The smallest absolute Gasteiger partial charge is 0.196 e. The molecule has 5 nitrogen and oxygen atoms in total. The highest BCUT2D eigenvalue weighted by atomic mass is 16.3. The average Bonchev–Trinajstić information content (AvgIpc) is 2.53. The van der Waals surface area contributed by atoms with Crippen LogP contribution in [0.5, 0.6) is 0 Å². The van der Waals surface area contributed by atoms with E-state index in [-0.39, 0.29) is 17.1 Å². The van der Waals surface area contributed by atoms with Crippen molar-refractivity contribution in [3.8, 4) is 0 Å². The van der Waals surface area contributed by atoms with E-state index in [0.29, 0.717) is 22.4 Å². The first-order valence-electron chi connectivity index (χ1n) is 6.47. The molecule has 5 heteroatoms. The van der Waals surface area contributed by atoms with Gasteiger partial charge in [0.2, 0.25) is 0 Å². The highest BCUT2D eigenvalue weighted by Gasteiger charge is 2.32. The Hall–Kier alpha value is -2.50. The Labute approximate surface area is 121 Å². The third-order valence-corrected chi connectivity index (χ3v) is 3.61. The Morgan fingerprint density at radius 1 is 0.762 bits per heavy atom. The number of hydrogen-bond acceptors (Lipinski definition) is 5. The van der Waals surface area contributed by atoms with Gasteiger partial charge in [0.05, 0.1) is 11.3 Å². The molecule has 2 aromatic carbocycles. The summed E-state index contributed by atoms with van der Waals surface area (Å²) in [5.74, 6) is -0.499. The lowest BCUT2D eigenvalue weighted by Gasteiger charge is -2.26. The van der Waals surface area contributed by atoms with Crippen LogP contribution < -0.4 is 4.90 Å². The van der Waals surface area contributed by atoms with Crippen LogP contribution in [0.1, 0.15) is 31.8 Å². The molecule has 1 aliphatic carbocycles. The number of aliphatic hydroxyl groups excluding tert-OH is 2. The number of ketones is 2. The van der Waals surface area contributed by atoms with Gasteiger partial charge < -0.3 is 15.1 Å². The Bertz CT molecular complexity index is 735. The van der Waals surface area contributed by atoms with E-state index >= 15 is 0 Å². The maximum atomic E-state index is 12.7. The first-order chi connectivity index (χ1) is 10.2. The number of hydrogen-bond donors (Lipinski definition) is 2. The van der Waals surface area contributed by atoms with Crippen molar-refractivity contribution >= 4 is 17.3 Å². The molecule has 0 amide bonds. The topological polar surface area (TPSA) is 77.8 Å². The van der Waals surface area contributed by atoms with Crippen LogP contribution in [0, 0.1) is 0 Å². The van der Waals surface area contributed by atoms with Gasteiger partial charge in [-0.05, 0) is 6.07 Å². The minimum absolute atomic E-state index is 0.224. The summed E-state index contributed by atoms with van der Waals surface area (Å²) in [6.45, 7) is -0.897. The summed E-state index contributed by atoms with van der Waals surface area (Å²) in [7, 11) is 0. The molecule has 0 aliphatic heterocycles. The molecule has 0 radical (unpaired) electrons. The van der Waals surface area contributed by atoms with Gasteiger partial charge in [0.15, 0.2) is 11.6 Å². The van der Waals surface area contributed by atoms with Gasteiger partial charge in [0, 0.05) is 16.7 Å². The number of carbonyl (C=O) groups excluding carboxylic acids is 2. The van der Waals surface area contributed by atoms with Crippen LogP contribution in [-0.4, -0.2) is 35.2 Å². The second-order valence-electron chi connectivity index (χ2n) is 4.73. The molecular weight excluding hydrogens is 270 g/mol. The monoisotopic (exact) mass is 283 g/mol. The number of anilines is 1. The van der Waals surface area contributed by atoms with E-state index in [0.717, 1.165) is 0 Å². The van der Waals surface area contributed by atoms with Crippen molar-refractivity contribution in [3.05, 3.63) is 64.7 Å². The molecule has 2 N–H and O–H groups in total. The maximum absolute atomic E-state index is 12.7. The van der Waals surface area contributed by atoms with Gasteiger partial charge >= 0.3 is 0 Å². The predicted octanol–water partition coefficient (Wildman–Crippen LogP) is 1.17. The third kappa shape index (κ3) is 1.94. The van der Waals surface area contributed by atoms with E-state index in [1.807, 2.05) is 0 Å². The molecule has 0 saturated heterocycles. The molecule has 1 aliphatic rings. The highest BCUT2D eigenvalue weighted by molar-refractivity contribution is 6.30. The summed E-state index contributed by atoms with van der Waals surface area (Å²) in [6, 6.07) is 11.5. The van der Waals surface area contributed by atoms with Gasteiger partial charge in [-0.1, -0.05) is 36.4 Å². The molecule has 0 unspecified atom stereocenters. The fourth-order valence-electron chi connectivity index (χ4n) is 2.59. The van der Waals surface area contributed by atoms with Crippen LogP contribution in [0.15, 0.2) is 42.5 Å². The Kier molecular flexibility index (Phi) is 3.29. The van der Waals surface area contributed by atoms with Crippen molar-refractivity contribution in [1.29, 1.82) is 0 Å². The molecule has 0 bridgehead atoms. The minimum atomic E-state index is -0.448. The zero-order valence-corrected chi connectivity index (χ0v) is 11.1. The SMILES string of the molecule is O=C1c2ccccc2C(=O)c2c1cccc2N(CO)CO. The Morgan fingerprint density at radius 3 is 1.95 bits per heavy atom. The molecule has 0 saturated carbocycles. The Balaban J connectivity index is 2.26. The zero-order valence-electron chi connectivity index (χ0n) is 11.1. The van der Waals surface area contributed by atoms with Gasteiger partial charge in [-0.2, -0.15) is 0 Å². The molecule has 0 atom stereocenters. The van der Waals surface area contributed by atoms with Crippen LogP contribution in [0.25, 0.3) is 0 Å². The van der Waals surface area contributed by atoms with Gasteiger partial charge in [-0.25, -0.2) is 0 Å². The lowest BCUT2D eigenvalue weighted by atomic mass is 9.83. The number of benzene rings is 2. The van der Waals surface area contributed by atoms with E-state index in [9.17, 15) is 19.8 Å². The first-order valence-corrected chi connectivity index (χ1v) is 6.47. The summed E-state index contributed by atoms with van der Waals surface area (Å²) in [6.07, 6.45) is 0. The molecule has 0 spiro atoms. The van der Waals surface area contributed by atoms with E-state index in [1.165, 1.54) is 4.90 Å². The summed E-state index contributed by atoms with van der Waals surface area (Å²) < 4.78 is 0. The normalized spacial score (nSPS) is 12.9. The van der Waals surface area contributed by atoms with Crippen molar-refractivity contribution in [2.24, 2.45) is 0 Å². The number of carbonyl (C=O) groups is 2. The lowest BCUT2D eigenvalue weighted by Crippen LogP contribution is -2.30. The number of nitrogens with zero attached hydrogens (tertiary/aromatic N) is 1. The summed E-state index contributed by atoms with van der Waals surface area (Å²) in [5.41, 5.74) is 1.60. The van der Waals surface area contributed by atoms with Crippen LogP contribution in [0.2, 0.25) is 0 Å². The molecule has 0 heterocycles. The van der Waals surface area contributed by atoms with Crippen molar-refractivity contribution in [3.63, 3.8) is 0 Å². The largest absolute Gasteiger partial charge is 0.376 e. The lowest BCUT2D eigenvalue weighted by molar-refractivity contribution is 0.0979. The number of fused-ring (bicyclic) bond motifs is 2. The summed E-state index contributed by atoms with van der Waals surface area (Å²) in [5, 5.41) is 18.6. The molecule has 0 fully saturated rings. The van der Waals surface area contributed by atoms with Gasteiger partial charge in [0.25, 0.3) is 0 Å². The standard InChI is InChI=1S/C16H13NO4/c18-8-17(9-19)13-7-3-6-12-14(13)16(21)11-5-2-1-4-10(11)15(12)20/h1-7,18-19H,8-9H2. The van der Waals surface area contributed by atoms with Crippen LogP contribution >= 0.6 is 0 Å². The van der Waals surface area contributed by atoms with E-state index in [1.54, 1.807) is 42.5 Å². The first kappa shape index (κ1) is 13.5. The van der Waals surface area contributed by atoms with Gasteiger partial charge in [0.1, 0.15) is 13.5 Å². The van der Waals surface area contributed by atoms with Gasteiger partial charge in [-0.3, -0.25) is 9.59 Å². The van der Waals surface area contributed by atoms with Crippen LogP contribution in [0.3, 0.4) is 0 Å². The van der Waals surface area contributed by atoms with Crippen molar-refractivity contribution in [1.82, 2.24) is 0 Å². The second kappa shape index (κ2) is 5.12. The summed E-state index contributed by atoms with van der Waals surface area (Å²) >= 11 is 0. The van der Waals surface area contributed by atoms with E-state index in [4.69, 9.17) is 0 Å². The molecular formula is C16H13NO4. The number of rotatable bonds is 3. The predicted molar refractivity (Wildman–Crippen MR) is 76.4 cm³/mol. The zero-order chi connectivity index (χ0) is 15.0. The van der Waals surface area contributed by atoms with Crippen molar-refractivity contribution in [2.45, 2.75) is 0 Å². The fourth-order valence-corrected chi connectivity index (χ4v) is 2.59.